The lowest BCUT2D eigenvalue weighted by Crippen LogP contribution is -2.52. The largest absolute Gasteiger partial charge is 0.416 e. The van der Waals surface area contributed by atoms with Crippen LogP contribution in [0.15, 0.2) is 71.6 Å². The minimum absolute atomic E-state index is 0.187. The predicted octanol–water partition coefficient (Wildman–Crippen LogP) is 6.80. The second kappa shape index (κ2) is 13.5. The molecule has 0 radical (unpaired) electrons. The number of sulfonamides is 1. The van der Waals surface area contributed by atoms with Crippen LogP contribution in [-0.4, -0.2) is 43.8 Å². The number of anilines is 1. The SMILES string of the molecule is CC(C)NC(=O)[C@H](C)N(Cc1c(Cl)cccc1Cl)C(=O)CN(c1cc(C(F)(F)F)ccc1Cl)S(=O)(=O)c1ccccc1. The second-order valence-corrected chi connectivity index (χ2v) is 12.6. The van der Waals surface area contributed by atoms with Gasteiger partial charge < -0.3 is 10.2 Å². The van der Waals surface area contributed by atoms with E-state index in [-0.39, 0.29) is 38.1 Å². The van der Waals surface area contributed by atoms with Crippen LogP contribution >= 0.6 is 34.8 Å². The first-order valence-electron chi connectivity index (χ1n) is 12.5. The van der Waals surface area contributed by atoms with Crippen LogP contribution in [0.4, 0.5) is 18.9 Å². The number of hydrogen-bond donors (Lipinski definition) is 1. The van der Waals surface area contributed by atoms with Gasteiger partial charge in [0.15, 0.2) is 0 Å². The summed E-state index contributed by atoms with van der Waals surface area (Å²) in [6.45, 7) is 3.55. The smallest absolute Gasteiger partial charge is 0.352 e. The molecule has 0 fully saturated rings. The van der Waals surface area contributed by atoms with E-state index in [2.05, 4.69) is 5.32 Å². The van der Waals surface area contributed by atoms with Gasteiger partial charge in [0.05, 0.1) is 21.2 Å². The van der Waals surface area contributed by atoms with Gasteiger partial charge in [0.25, 0.3) is 10.0 Å². The van der Waals surface area contributed by atoms with Crippen molar-refractivity contribution in [1.29, 1.82) is 0 Å². The van der Waals surface area contributed by atoms with Gasteiger partial charge in [0, 0.05) is 28.2 Å². The molecule has 0 bridgehead atoms. The molecule has 0 aliphatic carbocycles. The van der Waals surface area contributed by atoms with Crippen molar-refractivity contribution >= 4 is 62.3 Å². The zero-order chi connectivity index (χ0) is 31.4. The van der Waals surface area contributed by atoms with Gasteiger partial charge in [-0.3, -0.25) is 13.9 Å². The maximum Gasteiger partial charge on any atom is 0.416 e. The highest BCUT2D eigenvalue weighted by atomic mass is 35.5. The van der Waals surface area contributed by atoms with E-state index in [0.29, 0.717) is 16.4 Å². The molecule has 2 amide bonds. The average molecular weight is 665 g/mol. The van der Waals surface area contributed by atoms with Gasteiger partial charge in [0.1, 0.15) is 12.6 Å². The van der Waals surface area contributed by atoms with E-state index >= 15 is 0 Å². The van der Waals surface area contributed by atoms with E-state index in [1.54, 1.807) is 26.0 Å². The van der Waals surface area contributed by atoms with E-state index in [4.69, 9.17) is 34.8 Å². The monoisotopic (exact) mass is 663 g/mol. The Kier molecular flexibility index (Phi) is 10.8. The summed E-state index contributed by atoms with van der Waals surface area (Å²) < 4.78 is 69.0. The van der Waals surface area contributed by atoms with Gasteiger partial charge in [-0.25, -0.2) is 8.42 Å². The van der Waals surface area contributed by atoms with Crippen LogP contribution in [0, 0.1) is 0 Å². The third kappa shape index (κ3) is 7.89. The number of amides is 2. The third-order valence-electron chi connectivity index (χ3n) is 6.14. The number of halogens is 6. The summed E-state index contributed by atoms with van der Waals surface area (Å²) in [6, 6.07) is 12.2. The Bertz CT molecular complexity index is 1530. The number of nitrogens with zero attached hydrogens (tertiary/aromatic N) is 2. The van der Waals surface area contributed by atoms with E-state index in [1.807, 2.05) is 0 Å². The summed E-state index contributed by atoms with van der Waals surface area (Å²) in [5.41, 5.74) is -1.46. The molecule has 1 atom stereocenters. The fraction of sp³-hybridized carbons (Fsp3) is 0.286. The van der Waals surface area contributed by atoms with E-state index in [0.717, 1.165) is 11.0 Å². The minimum Gasteiger partial charge on any atom is -0.352 e. The van der Waals surface area contributed by atoms with Crippen molar-refractivity contribution in [3.05, 3.63) is 92.9 Å². The van der Waals surface area contributed by atoms with Crippen LogP contribution < -0.4 is 9.62 Å². The summed E-state index contributed by atoms with van der Waals surface area (Å²) in [4.78, 5) is 27.7. The standard InChI is InChI=1S/C28H27Cl3F3N3O4S/c1-17(2)35-27(39)18(3)36(15-21-22(29)10-7-11-23(21)30)26(38)16-37(42(40,41)20-8-5-4-6-9-20)25-14-19(28(32,33)34)12-13-24(25)31/h4-14,17-18H,15-16H2,1-3H3,(H,35,39)/t18-/m0/s1. The lowest BCUT2D eigenvalue weighted by molar-refractivity contribution is -0.139. The molecule has 226 valence electrons. The lowest BCUT2D eigenvalue weighted by atomic mass is 10.1. The molecule has 3 aromatic carbocycles. The van der Waals surface area contributed by atoms with Crippen LogP contribution in [0.5, 0.6) is 0 Å². The highest BCUT2D eigenvalue weighted by molar-refractivity contribution is 7.92. The number of alkyl halides is 3. The molecule has 0 spiro atoms. The molecule has 14 heteroatoms. The fourth-order valence-electron chi connectivity index (χ4n) is 3.95. The number of rotatable bonds is 10. The van der Waals surface area contributed by atoms with Gasteiger partial charge in [-0.2, -0.15) is 13.2 Å². The first-order chi connectivity index (χ1) is 19.5. The quantitative estimate of drug-likeness (QED) is 0.258. The summed E-state index contributed by atoms with van der Waals surface area (Å²) in [7, 11) is -4.64. The molecular formula is C28H27Cl3F3N3O4S. The highest BCUT2D eigenvalue weighted by Crippen LogP contribution is 2.37. The van der Waals surface area contributed by atoms with Crippen molar-refractivity contribution in [1.82, 2.24) is 10.2 Å². The Labute approximate surface area is 257 Å². The lowest BCUT2D eigenvalue weighted by Gasteiger charge is -2.33. The van der Waals surface area contributed by atoms with Crippen molar-refractivity contribution in [2.45, 2.75) is 50.5 Å². The van der Waals surface area contributed by atoms with Crippen LogP contribution in [0.1, 0.15) is 31.9 Å². The molecule has 0 heterocycles. The Morgan fingerprint density at radius 1 is 0.881 bits per heavy atom. The van der Waals surface area contributed by atoms with Crippen molar-refractivity contribution < 1.29 is 31.2 Å². The number of benzene rings is 3. The van der Waals surface area contributed by atoms with E-state index < -0.39 is 51.9 Å². The molecule has 0 aromatic heterocycles. The maximum atomic E-state index is 13.9. The molecule has 0 aliphatic rings. The van der Waals surface area contributed by atoms with Crippen molar-refractivity contribution in [3.8, 4) is 0 Å². The van der Waals surface area contributed by atoms with Crippen LogP contribution in [0.25, 0.3) is 0 Å². The van der Waals surface area contributed by atoms with Gasteiger partial charge in [-0.05, 0) is 63.2 Å². The minimum atomic E-state index is -4.83. The van der Waals surface area contributed by atoms with Gasteiger partial charge in [-0.15, -0.1) is 0 Å². The number of nitrogens with one attached hydrogen (secondary N) is 1. The molecule has 3 aromatic rings. The topological polar surface area (TPSA) is 86.8 Å². The summed E-state index contributed by atoms with van der Waals surface area (Å²) in [5, 5.41) is 2.72. The van der Waals surface area contributed by atoms with E-state index in [9.17, 15) is 31.2 Å². The number of carbonyl (C=O) groups is 2. The molecule has 0 saturated heterocycles. The number of hydrogen-bond acceptors (Lipinski definition) is 4. The van der Waals surface area contributed by atoms with Crippen LogP contribution in [-0.2, 0) is 32.3 Å². The molecular weight excluding hydrogens is 638 g/mol. The molecule has 42 heavy (non-hydrogen) atoms. The van der Waals surface area contributed by atoms with Crippen molar-refractivity contribution in [2.75, 3.05) is 10.8 Å². The van der Waals surface area contributed by atoms with E-state index in [1.165, 1.54) is 43.3 Å². The summed E-state index contributed by atoms with van der Waals surface area (Å²) in [6.07, 6.45) is -4.83. The number of carbonyl (C=O) groups excluding carboxylic acids is 2. The Balaban J connectivity index is 2.16. The first-order valence-corrected chi connectivity index (χ1v) is 15.1. The van der Waals surface area contributed by atoms with Crippen molar-refractivity contribution in [3.63, 3.8) is 0 Å². The van der Waals surface area contributed by atoms with Gasteiger partial charge in [-0.1, -0.05) is 59.1 Å². The predicted molar refractivity (Wildman–Crippen MR) is 157 cm³/mol. The molecule has 0 aliphatic heterocycles. The highest BCUT2D eigenvalue weighted by Gasteiger charge is 2.36. The Hall–Kier alpha value is -2.99. The normalized spacial score (nSPS) is 12.6. The van der Waals surface area contributed by atoms with Crippen LogP contribution in [0.3, 0.4) is 0 Å². The maximum absolute atomic E-state index is 13.9. The van der Waals surface area contributed by atoms with Crippen LogP contribution in [0.2, 0.25) is 15.1 Å². The van der Waals surface area contributed by atoms with Crippen molar-refractivity contribution in [2.24, 2.45) is 0 Å². The third-order valence-corrected chi connectivity index (χ3v) is 8.94. The molecule has 7 nitrogen and oxygen atoms in total. The zero-order valence-electron chi connectivity index (χ0n) is 22.6. The zero-order valence-corrected chi connectivity index (χ0v) is 25.7. The Morgan fingerprint density at radius 3 is 2.02 bits per heavy atom. The molecule has 0 unspecified atom stereocenters. The second-order valence-electron chi connectivity index (χ2n) is 9.55. The molecule has 3 rings (SSSR count). The molecule has 1 N–H and O–H groups in total. The Morgan fingerprint density at radius 2 is 1.48 bits per heavy atom. The van der Waals surface area contributed by atoms with Gasteiger partial charge >= 0.3 is 6.18 Å². The summed E-state index contributed by atoms with van der Waals surface area (Å²) >= 11 is 18.9. The van der Waals surface area contributed by atoms with Gasteiger partial charge in [0.2, 0.25) is 11.8 Å². The fourth-order valence-corrected chi connectivity index (χ4v) is 6.19. The summed E-state index contributed by atoms with van der Waals surface area (Å²) in [5.74, 6) is -1.48. The molecule has 0 saturated carbocycles. The average Bonchev–Trinajstić information content (AvgIpc) is 2.91. The first kappa shape index (κ1) is 33.5.